The Morgan fingerprint density at radius 3 is 2.67 bits per heavy atom. The molecular formula is C12H8AsClNO2S. The first-order valence-corrected chi connectivity index (χ1v) is 8.20. The van der Waals surface area contributed by atoms with Gasteiger partial charge < -0.3 is 0 Å². The summed E-state index contributed by atoms with van der Waals surface area (Å²) in [6.45, 7) is 0. The molecule has 1 heterocycles. The van der Waals surface area contributed by atoms with Crippen molar-refractivity contribution in [2.45, 2.75) is 0 Å². The van der Waals surface area contributed by atoms with Crippen molar-refractivity contribution in [3.63, 3.8) is 0 Å². The fourth-order valence-electron chi connectivity index (χ4n) is 1.28. The minimum atomic E-state index is -0.685. The van der Waals surface area contributed by atoms with E-state index in [1.165, 1.54) is 11.3 Å². The maximum absolute atomic E-state index is 11.8. The summed E-state index contributed by atoms with van der Waals surface area (Å²) in [6.07, 6.45) is 0. The Bertz CT molecular complexity index is 571. The Kier molecular flexibility index (Phi) is 4.59. The summed E-state index contributed by atoms with van der Waals surface area (Å²) >= 11 is 6.73. The van der Waals surface area contributed by atoms with Crippen molar-refractivity contribution in [3.05, 3.63) is 51.7 Å². The molecule has 1 aromatic heterocycles. The van der Waals surface area contributed by atoms with Crippen molar-refractivity contribution >= 4 is 53.6 Å². The molecule has 2 rings (SSSR count). The molecular weight excluding hydrogens is 333 g/mol. The maximum atomic E-state index is 11.8. The first-order chi connectivity index (χ1) is 8.66. The van der Waals surface area contributed by atoms with Crippen LogP contribution in [0.1, 0.15) is 10.4 Å². The number of hydrogen-bond acceptors (Lipinski definition) is 3. The van der Waals surface area contributed by atoms with E-state index in [1.54, 1.807) is 24.3 Å². The number of amides is 2. The van der Waals surface area contributed by atoms with Gasteiger partial charge in [-0.3, -0.25) is 0 Å². The Balaban J connectivity index is 2.00. The standard InChI is InChI=1S/C12H8AsClNO2S/c14-10-4-2-1-3-9(10)11(16)15-12(17)13-8-5-6-18-7-8/h1-7H,(H,15,16,17). The third-order valence-corrected chi connectivity index (χ3v) is 5.25. The second kappa shape index (κ2) is 6.19. The number of benzene rings is 1. The van der Waals surface area contributed by atoms with E-state index in [0.29, 0.717) is 10.6 Å². The van der Waals surface area contributed by atoms with Gasteiger partial charge in [0, 0.05) is 0 Å². The van der Waals surface area contributed by atoms with Crippen molar-refractivity contribution in [3.8, 4) is 0 Å². The molecule has 0 unspecified atom stereocenters. The molecule has 2 aromatic rings. The van der Waals surface area contributed by atoms with Crippen LogP contribution in [0.3, 0.4) is 0 Å². The van der Waals surface area contributed by atoms with Crippen molar-refractivity contribution in [1.29, 1.82) is 0 Å². The molecule has 1 aromatic carbocycles. The van der Waals surface area contributed by atoms with Crippen LogP contribution in [0.4, 0.5) is 4.79 Å². The van der Waals surface area contributed by atoms with Crippen molar-refractivity contribution in [1.82, 2.24) is 5.32 Å². The van der Waals surface area contributed by atoms with Gasteiger partial charge in [0.25, 0.3) is 0 Å². The third-order valence-electron chi connectivity index (χ3n) is 2.08. The molecule has 0 aliphatic rings. The van der Waals surface area contributed by atoms with Crippen LogP contribution in [0.25, 0.3) is 0 Å². The summed E-state index contributed by atoms with van der Waals surface area (Å²) in [4.78, 5) is 23.5. The quantitative estimate of drug-likeness (QED) is 0.871. The molecule has 0 saturated carbocycles. The van der Waals surface area contributed by atoms with Gasteiger partial charge in [0.15, 0.2) is 0 Å². The van der Waals surface area contributed by atoms with Crippen molar-refractivity contribution in [2.24, 2.45) is 0 Å². The van der Waals surface area contributed by atoms with E-state index in [-0.39, 0.29) is 4.69 Å². The summed E-state index contributed by atoms with van der Waals surface area (Å²) in [5.41, 5.74) is 0.319. The van der Waals surface area contributed by atoms with Crippen molar-refractivity contribution in [2.75, 3.05) is 0 Å². The van der Waals surface area contributed by atoms with E-state index in [2.05, 4.69) is 5.32 Å². The summed E-state index contributed by atoms with van der Waals surface area (Å²) in [7, 11) is 0. The molecule has 0 aliphatic heterocycles. The van der Waals surface area contributed by atoms with E-state index in [0.717, 1.165) is 4.35 Å². The monoisotopic (exact) mass is 340 g/mol. The molecule has 1 radical (unpaired) electrons. The second-order valence-corrected chi connectivity index (χ2v) is 6.92. The fourth-order valence-corrected chi connectivity index (χ4v) is 4.14. The Labute approximate surface area is 120 Å². The summed E-state index contributed by atoms with van der Waals surface area (Å²) < 4.78 is 0.746. The molecule has 0 aliphatic carbocycles. The van der Waals surface area contributed by atoms with Crippen LogP contribution < -0.4 is 9.67 Å². The molecule has 18 heavy (non-hydrogen) atoms. The van der Waals surface area contributed by atoms with E-state index < -0.39 is 21.7 Å². The summed E-state index contributed by atoms with van der Waals surface area (Å²) in [5.74, 6) is -0.448. The molecule has 0 saturated heterocycles. The van der Waals surface area contributed by atoms with Crippen LogP contribution in [0.5, 0.6) is 0 Å². The zero-order chi connectivity index (χ0) is 13.0. The number of carbonyl (C=O) groups is 2. The first-order valence-electron chi connectivity index (χ1n) is 5.00. The minimum absolute atomic E-state index is 0.241. The molecule has 3 nitrogen and oxygen atoms in total. The van der Waals surface area contributed by atoms with Gasteiger partial charge in [0.2, 0.25) is 0 Å². The normalized spacial score (nSPS) is 10.7. The van der Waals surface area contributed by atoms with E-state index in [1.807, 2.05) is 16.8 Å². The number of thiophene rings is 1. The van der Waals surface area contributed by atoms with Gasteiger partial charge >= 0.3 is 120 Å². The summed E-state index contributed by atoms with van der Waals surface area (Å²) in [6, 6.07) is 8.54. The van der Waals surface area contributed by atoms with Crippen LogP contribution in [0, 0.1) is 0 Å². The molecule has 2 amide bonds. The zero-order valence-corrected chi connectivity index (χ0v) is 12.5. The number of halogens is 1. The predicted molar refractivity (Wildman–Crippen MR) is 74.0 cm³/mol. The SMILES string of the molecule is O=C(NC(=O)c1ccccc1Cl)[As]c1ccsc1. The van der Waals surface area contributed by atoms with Crippen LogP contribution >= 0.6 is 22.9 Å². The fraction of sp³-hybridized carbons (Fsp3) is 0. The topological polar surface area (TPSA) is 46.2 Å². The Morgan fingerprint density at radius 1 is 1.22 bits per heavy atom. The molecule has 1 N–H and O–H groups in total. The molecule has 0 spiro atoms. The molecule has 6 heteroatoms. The third kappa shape index (κ3) is 3.45. The number of carbonyl (C=O) groups excluding carboxylic acids is 2. The number of imide groups is 1. The predicted octanol–water partition coefficient (Wildman–Crippen LogP) is 2.28. The molecule has 0 bridgehead atoms. The first kappa shape index (κ1) is 13.3. The Morgan fingerprint density at radius 2 is 2.00 bits per heavy atom. The van der Waals surface area contributed by atoms with Gasteiger partial charge in [-0.25, -0.2) is 0 Å². The molecule has 0 fully saturated rings. The second-order valence-electron chi connectivity index (χ2n) is 3.33. The van der Waals surface area contributed by atoms with Gasteiger partial charge in [0.1, 0.15) is 0 Å². The van der Waals surface area contributed by atoms with Gasteiger partial charge in [-0.05, 0) is 0 Å². The van der Waals surface area contributed by atoms with Gasteiger partial charge in [-0.2, -0.15) is 0 Å². The average Bonchev–Trinajstić information content (AvgIpc) is 2.82. The average molecular weight is 341 g/mol. The van der Waals surface area contributed by atoms with E-state index in [9.17, 15) is 9.59 Å². The zero-order valence-electron chi connectivity index (χ0n) is 9.09. The van der Waals surface area contributed by atoms with Crippen LogP contribution in [0.2, 0.25) is 5.02 Å². The van der Waals surface area contributed by atoms with Gasteiger partial charge in [0.05, 0.1) is 0 Å². The van der Waals surface area contributed by atoms with E-state index >= 15 is 0 Å². The number of hydrogen-bond donors (Lipinski definition) is 1. The Hall–Kier alpha value is -1.09. The van der Waals surface area contributed by atoms with Crippen LogP contribution in [-0.2, 0) is 0 Å². The van der Waals surface area contributed by atoms with Crippen molar-refractivity contribution < 1.29 is 9.59 Å². The van der Waals surface area contributed by atoms with Crippen LogP contribution in [-0.4, -0.2) is 26.4 Å². The van der Waals surface area contributed by atoms with Gasteiger partial charge in [-0.15, -0.1) is 0 Å². The van der Waals surface area contributed by atoms with E-state index in [4.69, 9.17) is 11.6 Å². The molecule has 91 valence electrons. The number of nitrogens with one attached hydrogen (secondary N) is 1. The molecule has 0 atom stereocenters. The summed E-state index contributed by atoms with van der Waals surface area (Å²) in [5, 5.41) is 6.53. The van der Waals surface area contributed by atoms with Gasteiger partial charge in [-0.1, -0.05) is 0 Å². The number of rotatable bonds is 3. The van der Waals surface area contributed by atoms with Crippen LogP contribution in [0.15, 0.2) is 41.1 Å².